The molecular formula is C20H21N2O5P. The molecule has 0 fully saturated rings. The third-order valence-electron chi connectivity index (χ3n) is 3.34. The Morgan fingerprint density at radius 1 is 0.750 bits per heavy atom. The zero-order chi connectivity index (χ0) is 20.4. The van der Waals surface area contributed by atoms with E-state index in [0.29, 0.717) is 22.5 Å². The third-order valence-corrected chi connectivity index (χ3v) is 3.96. The van der Waals surface area contributed by atoms with E-state index in [1.165, 1.54) is 26.4 Å². The summed E-state index contributed by atoms with van der Waals surface area (Å²) in [5.74, 6) is -0.590. The van der Waals surface area contributed by atoms with Crippen molar-refractivity contribution in [1.82, 2.24) is 10.6 Å². The number of hydrogen-bond donors (Lipinski definition) is 2. The van der Waals surface area contributed by atoms with Crippen LogP contribution < -0.4 is 10.6 Å². The first-order valence-electron chi connectivity index (χ1n) is 8.39. The average Bonchev–Trinajstić information content (AvgIpc) is 2.69. The van der Waals surface area contributed by atoms with Crippen molar-refractivity contribution in [2.45, 2.75) is 13.8 Å². The molecule has 2 amide bonds. The van der Waals surface area contributed by atoms with Gasteiger partial charge in [0.2, 0.25) is 11.8 Å². The number of carbonyl (C=O) groups is 2. The second kappa shape index (κ2) is 10.7. The van der Waals surface area contributed by atoms with Crippen molar-refractivity contribution in [1.29, 1.82) is 0 Å². The minimum Gasteiger partial charge on any atom is -0.424 e. The monoisotopic (exact) mass is 400 g/mol. The molecule has 8 heteroatoms. The number of carbonyl (C=O) groups excluding carboxylic acids is 2. The lowest BCUT2D eigenvalue weighted by atomic mass is 10.2. The van der Waals surface area contributed by atoms with Gasteiger partial charge in [-0.25, -0.2) is 4.57 Å². The second-order valence-electron chi connectivity index (χ2n) is 5.64. The van der Waals surface area contributed by atoms with Gasteiger partial charge < -0.3 is 19.7 Å². The van der Waals surface area contributed by atoms with Crippen LogP contribution in [0.2, 0.25) is 0 Å². The SMILES string of the molecule is CC(=O)N/C(=C\O[PH](=O)O/C=C(\NC(C)=O)c1ccccc1)c1ccccc1. The molecule has 0 radical (unpaired) electrons. The summed E-state index contributed by atoms with van der Waals surface area (Å²) in [6, 6.07) is 17.9. The smallest absolute Gasteiger partial charge is 0.417 e. The fourth-order valence-electron chi connectivity index (χ4n) is 2.20. The Kier molecular flexibility index (Phi) is 8.06. The van der Waals surface area contributed by atoms with Crippen molar-refractivity contribution in [2.75, 3.05) is 0 Å². The highest BCUT2D eigenvalue weighted by Gasteiger charge is 2.07. The molecule has 2 aromatic carbocycles. The van der Waals surface area contributed by atoms with Gasteiger partial charge in [0.25, 0.3) is 0 Å². The minimum atomic E-state index is -2.97. The van der Waals surface area contributed by atoms with E-state index in [0.717, 1.165) is 0 Å². The van der Waals surface area contributed by atoms with Crippen molar-refractivity contribution in [2.24, 2.45) is 0 Å². The first-order valence-corrected chi connectivity index (χ1v) is 9.62. The van der Waals surface area contributed by atoms with E-state index in [4.69, 9.17) is 9.05 Å². The van der Waals surface area contributed by atoms with Crippen molar-refractivity contribution >= 4 is 31.5 Å². The molecule has 2 rings (SSSR count). The molecule has 0 aromatic heterocycles. The summed E-state index contributed by atoms with van der Waals surface area (Å²) < 4.78 is 22.4. The molecule has 146 valence electrons. The predicted molar refractivity (Wildman–Crippen MR) is 108 cm³/mol. The maximum Gasteiger partial charge on any atom is 0.417 e. The lowest BCUT2D eigenvalue weighted by Crippen LogP contribution is -2.18. The molecule has 0 saturated heterocycles. The molecule has 0 heterocycles. The summed E-state index contributed by atoms with van der Waals surface area (Å²) >= 11 is 0. The molecule has 2 aromatic rings. The van der Waals surface area contributed by atoms with E-state index in [2.05, 4.69) is 10.6 Å². The first-order chi connectivity index (χ1) is 13.5. The van der Waals surface area contributed by atoms with Crippen molar-refractivity contribution in [3.8, 4) is 0 Å². The Balaban J connectivity index is 2.11. The summed E-state index contributed by atoms with van der Waals surface area (Å²) in [5, 5.41) is 5.23. The number of benzene rings is 2. The number of rotatable bonds is 8. The largest absolute Gasteiger partial charge is 0.424 e. The van der Waals surface area contributed by atoms with Gasteiger partial charge in [-0.2, -0.15) is 0 Å². The highest BCUT2D eigenvalue weighted by Crippen LogP contribution is 2.28. The molecule has 0 spiro atoms. The molecule has 7 nitrogen and oxygen atoms in total. The van der Waals surface area contributed by atoms with Crippen LogP contribution in [0.4, 0.5) is 0 Å². The van der Waals surface area contributed by atoms with Crippen LogP contribution in [0.5, 0.6) is 0 Å². The number of nitrogens with one attached hydrogen (secondary N) is 2. The standard InChI is InChI=1S/C20H21N2O5P/c1-15(23)21-19(17-9-5-3-6-10-17)13-26-28(25)27-14-20(22-16(2)24)18-11-7-4-8-12-18/h3-14,28H,1-2H3,(H,21,23)(H,22,24)/b19-13-,20-14-. The summed E-state index contributed by atoms with van der Waals surface area (Å²) in [7, 11) is -2.97. The van der Waals surface area contributed by atoms with Gasteiger partial charge in [-0.3, -0.25) is 9.59 Å². The van der Waals surface area contributed by atoms with Crippen LogP contribution in [0, 0.1) is 0 Å². The summed E-state index contributed by atoms with van der Waals surface area (Å²) in [6.45, 7) is 2.72. The molecule has 0 aliphatic carbocycles. The summed E-state index contributed by atoms with van der Waals surface area (Å²) in [4.78, 5) is 22.8. The van der Waals surface area contributed by atoms with Crippen LogP contribution >= 0.6 is 8.25 Å². The molecule has 0 atom stereocenters. The lowest BCUT2D eigenvalue weighted by molar-refractivity contribution is -0.118. The molecule has 0 aliphatic rings. The molecule has 0 aliphatic heterocycles. The molecule has 0 saturated carbocycles. The molecule has 2 N–H and O–H groups in total. The topological polar surface area (TPSA) is 93.7 Å². The van der Waals surface area contributed by atoms with E-state index in [-0.39, 0.29) is 11.8 Å². The molecule has 28 heavy (non-hydrogen) atoms. The van der Waals surface area contributed by atoms with Crippen LogP contribution in [0.25, 0.3) is 11.4 Å². The fourth-order valence-corrected chi connectivity index (χ4v) is 2.68. The van der Waals surface area contributed by atoms with E-state index < -0.39 is 8.25 Å². The summed E-state index contributed by atoms with van der Waals surface area (Å²) in [6.07, 6.45) is 2.35. The Hall–Kier alpha value is -3.31. The maximum atomic E-state index is 12.1. The van der Waals surface area contributed by atoms with Gasteiger partial charge in [0, 0.05) is 25.0 Å². The Morgan fingerprint density at radius 3 is 1.43 bits per heavy atom. The summed E-state index contributed by atoms with van der Waals surface area (Å²) in [5.41, 5.74) is 2.07. The maximum absolute atomic E-state index is 12.1. The zero-order valence-electron chi connectivity index (χ0n) is 15.5. The normalized spacial score (nSPS) is 11.7. The quantitative estimate of drug-likeness (QED) is 0.521. The number of hydrogen-bond acceptors (Lipinski definition) is 5. The molecular weight excluding hydrogens is 379 g/mol. The van der Waals surface area contributed by atoms with E-state index in [9.17, 15) is 14.2 Å². The Bertz CT molecular complexity index is 822. The molecule has 0 bridgehead atoms. The van der Waals surface area contributed by atoms with Crippen molar-refractivity contribution in [3.63, 3.8) is 0 Å². The second-order valence-corrected chi connectivity index (χ2v) is 6.61. The fraction of sp³-hybridized carbons (Fsp3) is 0.100. The van der Waals surface area contributed by atoms with Gasteiger partial charge in [-0.1, -0.05) is 60.7 Å². The Labute approximate surface area is 164 Å². The van der Waals surface area contributed by atoms with Gasteiger partial charge in [-0.15, -0.1) is 0 Å². The van der Waals surface area contributed by atoms with E-state index in [1.54, 1.807) is 48.5 Å². The third kappa shape index (κ3) is 7.13. The van der Waals surface area contributed by atoms with Crippen LogP contribution in [0.15, 0.2) is 73.2 Å². The van der Waals surface area contributed by atoms with Crippen molar-refractivity contribution < 1.29 is 23.2 Å². The van der Waals surface area contributed by atoms with Gasteiger partial charge in [0.05, 0.1) is 11.4 Å². The van der Waals surface area contributed by atoms with Crippen LogP contribution in [0.1, 0.15) is 25.0 Å². The highest BCUT2D eigenvalue weighted by molar-refractivity contribution is 7.33. The average molecular weight is 400 g/mol. The zero-order valence-corrected chi connectivity index (χ0v) is 16.5. The minimum absolute atomic E-state index is 0.295. The van der Waals surface area contributed by atoms with Crippen LogP contribution in [-0.2, 0) is 23.2 Å². The highest BCUT2D eigenvalue weighted by atomic mass is 31.1. The lowest BCUT2D eigenvalue weighted by Gasteiger charge is -2.10. The predicted octanol–water partition coefficient (Wildman–Crippen LogP) is 3.68. The van der Waals surface area contributed by atoms with Gasteiger partial charge in [-0.05, 0) is 0 Å². The van der Waals surface area contributed by atoms with Crippen LogP contribution in [0.3, 0.4) is 0 Å². The van der Waals surface area contributed by atoms with Crippen LogP contribution in [-0.4, -0.2) is 11.8 Å². The van der Waals surface area contributed by atoms with Gasteiger partial charge in [0.1, 0.15) is 12.5 Å². The van der Waals surface area contributed by atoms with E-state index >= 15 is 0 Å². The van der Waals surface area contributed by atoms with Gasteiger partial charge >= 0.3 is 8.25 Å². The van der Waals surface area contributed by atoms with Gasteiger partial charge in [0.15, 0.2) is 0 Å². The van der Waals surface area contributed by atoms with Crippen molar-refractivity contribution in [3.05, 3.63) is 84.3 Å². The first kappa shape index (κ1) is 21.0. The Morgan fingerprint density at radius 2 is 1.11 bits per heavy atom. The number of amides is 2. The van der Waals surface area contributed by atoms with E-state index in [1.807, 2.05) is 12.1 Å². The molecule has 0 unspecified atom stereocenters.